The molecule has 2 aromatic heterocycles. The number of aromatic nitrogens is 1. The van der Waals surface area contributed by atoms with Crippen molar-refractivity contribution in [3.63, 3.8) is 0 Å². The summed E-state index contributed by atoms with van der Waals surface area (Å²) in [7, 11) is 0. The molecule has 2 rings (SSSR count). The summed E-state index contributed by atoms with van der Waals surface area (Å²) in [6, 6.07) is 3.54. The van der Waals surface area contributed by atoms with E-state index in [0.29, 0.717) is 12.1 Å². The summed E-state index contributed by atoms with van der Waals surface area (Å²) in [5, 5.41) is 3.56. The van der Waals surface area contributed by atoms with E-state index >= 15 is 0 Å². The molecule has 0 aromatic carbocycles. The number of rotatable bonds is 4. The number of aryl methyl sites for hydroxylation is 1. The number of carbonyl (C=O) groups is 2. The van der Waals surface area contributed by atoms with E-state index in [2.05, 4.69) is 5.32 Å². The largest absolute Gasteiger partial charge is 0.326 e. The van der Waals surface area contributed by atoms with Crippen LogP contribution in [0.25, 0.3) is 5.00 Å². The number of carbonyl (C=O) groups excluding carboxylic acids is 2. The highest BCUT2D eigenvalue weighted by Gasteiger charge is 2.15. The van der Waals surface area contributed by atoms with Crippen molar-refractivity contribution in [1.82, 2.24) is 4.57 Å². The summed E-state index contributed by atoms with van der Waals surface area (Å²) < 4.78 is 1.78. The Labute approximate surface area is 103 Å². The Morgan fingerprint density at radius 3 is 2.76 bits per heavy atom. The molecule has 2 aromatic rings. The minimum atomic E-state index is 0.570. The van der Waals surface area contributed by atoms with E-state index < -0.39 is 0 Å². The maximum Gasteiger partial charge on any atom is 0.211 e. The van der Waals surface area contributed by atoms with Gasteiger partial charge in [-0.2, -0.15) is 0 Å². The Balaban J connectivity index is 2.62. The molecule has 5 heteroatoms. The second-order valence-electron chi connectivity index (χ2n) is 3.65. The van der Waals surface area contributed by atoms with Gasteiger partial charge < -0.3 is 9.88 Å². The van der Waals surface area contributed by atoms with Crippen LogP contribution in [0.1, 0.15) is 20.9 Å². The Kier molecular flexibility index (Phi) is 3.10. The Morgan fingerprint density at radius 1 is 1.35 bits per heavy atom. The number of nitrogens with zero attached hydrogens (tertiary/aromatic N) is 1. The smallest absolute Gasteiger partial charge is 0.211 e. The fraction of sp³-hybridized carbons (Fsp3) is 0.167. The highest BCUT2D eigenvalue weighted by atomic mass is 32.1. The van der Waals surface area contributed by atoms with Crippen LogP contribution in [-0.4, -0.2) is 17.3 Å². The van der Waals surface area contributed by atoms with Gasteiger partial charge in [0.2, 0.25) is 6.41 Å². The molecule has 1 N–H and O–H groups in total. The van der Waals surface area contributed by atoms with E-state index in [4.69, 9.17) is 0 Å². The maximum atomic E-state index is 10.9. The molecule has 0 saturated carbocycles. The topological polar surface area (TPSA) is 51.1 Å². The van der Waals surface area contributed by atoms with Gasteiger partial charge in [-0.05, 0) is 31.5 Å². The van der Waals surface area contributed by atoms with E-state index in [0.717, 1.165) is 27.4 Å². The molecule has 0 aliphatic rings. The van der Waals surface area contributed by atoms with Crippen LogP contribution >= 0.6 is 11.3 Å². The number of anilines is 1. The zero-order valence-electron chi connectivity index (χ0n) is 9.56. The fourth-order valence-corrected chi connectivity index (χ4v) is 2.81. The van der Waals surface area contributed by atoms with Gasteiger partial charge in [0.15, 0.2) is 6.29 Å². The molecule has 88 valence electrons. The van der Waals surface area contributed by atoms with Gasteiger partial charge in [0, 0.05) is 11.1 Å². The molecule has 2 heterocycles. The third-order valence-electron chi connectivity index (χ3n) is 2.69. The number of amides is 1. The second-order valence-corrected chi connectivity index (χ2v) is 4.85. The lowest BCUT2D eigenvalue weighted by Crippen LogP contribution is -2.01. The van der Waals surface area contributed by atoms with E-state index in [1.54, 1.807) is 28.0 Å². The van der Waals surface area contributed by atoms with Gasteiger partial charge in [-0.1, -0.05) is 0 Å². The Hall–Kier alpha value is -1.88. The van der Waals surface area contributed by atoms with Gasteiger partial charge in [0.1, 0.15) is 5.00 Å². The molecule has 0 bridgehead atoms. The first-order valence-corrected chi connectivity index (χ1v) is 5.93. The predicted octanol–water partition coefficient (Wildman–Crippen LogP) is 2.54. The van der Waals surface area contributed by atoms with Crippen molar-refractivity contribution < 1.29 is 9.59 Å². The molecular formula is C12H12N2O2S. The van der Waals surface area contributed by atoms with Gasteiger partial charge in [-0.15, -0.1) is 11.3 Å². The van der Waals surface area contributed by atoms with Gasteiger partial charge >= 0.3 is 0 Å². The first kappa shape index (κ1) is 11.6. The van der Waals surface area contributed by atoms with Crippen molar-refractivity contribution in [2.45, 2.75) is 13.8 Å². The summed E-state index contributed by atoms with van der Waals surface area (Å²) >= 11 is 1.55. The molecule has 0 fully saturated rings. The van der Waals surface area contributed by atoms with E-state index in [1.807, 2.05) is 20.0 Å². The Bertz CT molecular complexity index is 569. The lowest BCUT2D eigenvalue weighted by Gasteiger charge is -2.06. The van der Waals surface area contributed by atoms with Crippen molar-refractivity contribution in [3.8, 4) is 5.00 Å². The average Bonchev–Trinajstić information content (AvgIpc) is 2.89. The molecule has 17 heavy (non-hydrogen) atoms. The van der Waals surface area contributed by atoms with Gasteiger partial charge in [-0.3, -0.25) is 9.59 Å². The van der Waals surface area contributed by atoms with Crippen LogP contribution in [-0.2, 0) is 4.79 Å². The summed E-state index contributed by atoms with van der Waals surface area (Å²) in [6.45, 7) is 3.94. The number of aldehydes is 1. The van der Waals surface area contributed by atoms with E-state index in [9.17, 15) is 9.59 Å². The normalized spacial score (nSPS) is 10.2. The number of nitrogens with one attached hydrogen (secondary N) is 1. The molecule has 0 atom stereocenters. The highest BCUT2D eigenvalue weighted by Crippen LogP contribution is 2.35. The van der Waals surface area contributed by atoms with Crippen LogP contribution in [0.3, 0.4) is 0 Å². The van der Waals surface area contributed by atoms with Crippen molar-refractivity contribution in [2.75, 3.05) is 5.32 Å². The molecular weight excluding hydrogens is 236 g/mol. The quantitative estimate of drug-likeness (QED) is 0.845. The monoisotopic (exact) mass is 248 g/mol. The van der Waals surface area contributed by atoms with E-state index in [-0.39, 0.29) is 0 Å². The molecule has 0 unspecified atom stereocenters. The van der Waals surface area contributed by atoms with Crippen LogP contribution in [0, 0.1) is 13.8 Å². The van der Waals surface area contributed by atoms with Crippen LogP contribution in [0.4, 0.5) is 5.69 Å². The summed E-state index contributed by atoms with van der Waals surface area (Å²) in [5.41, 5.74) is 2.37. The van der Waals surface area contributed by atoms with Crippen LogP contribution in [0.15, 0.2) is 18.3 Å². The van der Waals surface area contributed by atoms with Crippen LogP contribution < -0.4 is 5.32 Å². The molecule has 0 radical (unpaired) electrons. The first-order valence-electron chi connectivity index (χ1n) is 5.12. The molecule has 0 saturated heterocycles. The highest BCUT2D eigenvalue weighted by molar-refractivity contribution is 7.15. The van der Waals surface area contributed by atoms with Gasteiger partial charge in [0.25, 0.3) is 0 Å². The molecule has 0 spiro atoms. The predicted molar refractivity (Wildman–Crippen MR) is 68.2 cm³/mol. The van der Waals surface area contributed by atoms with Gasteiger partial charge in [-0.25, -0.2) is 0 Å². The number of thiophene rings is 1. The third-order valence-corrected chi connectivity index (χ3v) is 3.90. The van der Waals surface area contributed by atoms with Crippen LogP contribution in [0.2, 0.25) is 0 Å². The third kappa shape index (κ3) is 1.89. The van der Waals surface area contributed by atoms with Crippen molar-refractivity contribution >= 4 is 29.7 Å². The maximum absolute atomic E-state index is 10.9. The minimum Gasteiger partial charge on any atom is -0.326 e. The van der Waals surface area contributed by atoms with Crippen molar-refractivity contribution in [3.05, 3.63) is 34.5 Å². The number of hydrogen-bond acceptors (Lipinski definition) is 3. The molecule has 4 nitrogen and oxygen atoms in total. The second kappa shape index (κ2) is 4.55. The van der Waals surface area contributed by atoms with Crippen molar-refractivity contribution in [1.29, 1.82) is 0 Å². The first-order chi connectivity index (χ1) is 8.19. The SMILES string of the molecule is Cc1sc(-n2cccc2C=O)c(NC=O)c1C. The molecule has 0 aliphatic carbocycles. The van der Waals surface area contributed by atoms with Crippen LogP contribution in [0.5, 0.6) is 0 Å². The van der Waals surface area contributed by atoms with Crippen molar-refractivity contribution in [2.24, 2.45) is 0 Å². The average molecular weight is 248 g/mol. The summed E-state index contributed by atoms with van der Waals surface area (Å²) in [6.07, 6.45) is 3.27. The zero-order chi connectivity index (χ0) is 12.4. The Morgan fingerprint density at radius 2 is 2.12 bits per heavy atom. The lowest BCUT2D eigenvalue weighted by molar-refractivity contribution is -0.105. The zero-order valence-corrected chi connectivity index (χ0v) is 10.4. The summed E-state index contributed by atoms with van der Waals surface area (Å²) in [4.78, 5) is 22.7. The standard InChI is InChI=1S/C12H12N2O2S/c1-8-9(2)17-12(11(8)13-7-16)14-5-3-4-10(14)6-15/h3-7H,1-2H3,(H,13,16). The lowest BCUT2D eigenvalue weighted by atomic mass is 10.2. The van der Waals surface area contributed by atoms with E-state index in [1.165, 1.54) is 0 Å². The fourth-order valence-electron chi connectivity index (χ4n) is 1.68. The molecule has 0 aliphatic heterocycles. The molecule has 1 amide bonds. The minimum absolute atomic E-state index is 0.570. The number of hydrogen-bond donors (Lipinski definition) is 1. The van der Waals surface area contributed by atoms with Gasteiger partial charge in [0.05, 0.1) is 11.4 Å². The summed E-state index contributed by atoms with van der Waals surface area (Å²) in [5.74, 6) is 0.